The molecule has 3 nitrogen and oxygen atoms in total. The topological polar surface area (TPSA) is 32.3 Å². The van der Waals surface area contributed by atoms with E-state index < -0.39 is 0 Å². The fourth-order valence-corrected chi connectivity index (χ4v) is 3.63. The first kappa shape index (κ1) is 13.9. The van der Waals surface area contributed by atoms with Gasteiger partial charge >= 0.3 is 0 Å². The first-order valence-electron chi connectivity index (χ1n) is 7.64. The van der Waals surface area contributed by atoms with Gasteiger partial charge < -0.3 is 10.2 Å². The Balaban J connectivity index is 1.93. The van der Waals surface area contributed by atoms with Gasteiger partial charge in [0.25, 0.3) is 0 Å². The number of rotatable bonds is 3. The third kappa shape index (κ3) is 3.25. The van der Waals surface area contributed by atoms with Crippen molar-refractivity contribution in [3.05, 3.63) is 0 Å². The molecule has 0 aromatic rings. The number of nitrogens with one attached hydrogen (secondary N) is 1. The lowest BCUT2D eigenvalue weighted by atomic mass is 9.78. The Bertz CT molecular complexity index is 282. The number of hydrogen-bond acceptors (Lipinski definition) is 2. The smallest absolute Gasteiger partial charge is 0.226 e. The minimum absolute atomic E-state index is 0.239. The third-order valence-corrected chi connectivity index (χ3v) is 4.59. The zero-order valence-corrected chi connectivity index (χ0v) is 12.0. The van der Waals surface area contributed by atoms with Crippen LogP contribution in [0.2, 0.25) is 0 Å². The number of carbonyl (C=O) groups is 1. The summed E-state index contributed by atoms with van der Waals surface area (Å²) in [6, 6.07) is 0. The highest BCUT2D eigenvalue weighted by atomic mass is 16.2. The first-order chi connectivity index (χ1) is 8.64. The van der Waals surface area contributed by atoms with E-state index in [0.29, 0.717) is 11.3 Å². The molecule has 2 heterocycles. The van der Waals surface area contributed by atoms with Crippen LogP contribution in [0.1, 0.15) is 52.4 Å². The quantitative estimate of drug-likeness (QED) is 0.836. The van der Waals surface area contributed by atoms with Gasteiger partial charge in [-0.25, -0.2) is 0 Å². The number of nitrogens with zero attached hydrogens (tertiary/aromatic N) is 1. The summed E-state index contributed by atoms with van der Waals surface area (Å²) in [6.07, 6.45) is 7.17. The van der Waals surface area contributed by atoms with E-state index in [-0.39, 0.29) is 5.92 Å². The molecular formula is C15H28N2O. The summed E-state index contributed by atoms with van der Waals surface area (Å²) in [4.78, 5) is 14.7. The molecule has 0 saturated carbocycles. The van der Waals surface area contributed by atoms with Crippen molar-refractivity contribution in [3.8, 4) is 0 Å². The Morgan fingerprint density at radius 1 is 1.44 bits per heavy atom. The second kappa shape index (κ2) is 6.05. The number of hydrogen-bond donors (Lipinski definition) is 1. The summed E-state index contributed by atoms with van der Waals surface area (Å²) in [7, 11) is 0. The molecule has 0 aromatic heterocycles. The van der Waals surface area contributed by atoms with E-state index >= 15 is 0 Å². The Hall–Kier alpha value is -0.570. The number of carbonyl (C=O) groups excluding carboxylic acids is 1. The second-order valence-corrected chi connectivity index (χ2v) is 6.47. The summed E-state index contributed by atoms with van der Waals surface area (Å²) >= 11 is 0. The number of likely N-dealkylation sites (tertiary alicyclic amines) is 1. The molecule has 2 aliphatic rings. The molecule has 2 unspecified atom stereocenters. The van der Waals surface area contributed by atoms with Crippen LogP contribution < -0.4 is 5.32 Å². The van der Waals surface area contributed by atoms with Gasteiger partial charge in [-0.1, -0.05) is 20.3 Å². The van der Waals surface area contributed by atoms with Crippen LogP contribution in [0, 0.1) is 11.3 Å². The van der Waals surface area contributed by atoms with Gasteiger partial charge in [-0.2, -0.15) is 0 Å². The average Bonchev–Trinajstić information content (AvgIpc) is 2.39. The molecule has 2 saturated heterocycles. The Kier molecular flexibility index (Phi) is 4.66. The Morgan fingerprint density at radius 3 is 2.94 bits per heavy atom. The van der Waals surface area contributed by atoms with Crippen LogP contribution in [0.4, 0.5) is 0 Å². The maximum absolute atomic E-state index is 12.5. The highest BCUT2D eigenvalue weighted by molar-refractivity contribution is 5.79. The van der Waals surface area contributed by atoms with Gasteiger partial charge in [0, 0.05) is 19.6 Å². The maximum atomic E-state index is 12.5. The van der Waals surface area contributed by atoms with Crippen molar-refractivity contribution < 1.29 is 4.79 Å². The molecule has 104 valence electrons. The van der Waals surface area contributed by atoms with Crippen molar-refractivity contribution in [2.75, 3.05) is 26.2 Å². The number of piperidine rings is 2. The van der Waals surface area contributed by atoms with Crippen LogP contribution >= 0.6 is 0 Å². The van der Waals surface area contributed by atoms with Crippen molar-refractivity contribution in [1.29, 1.82) is 0 Å². The van der Waals surface area contributed by atoms with E-state index in [1.165, 1.54) is 25.7 Å². The average molecular weight is 252 g/mol. The Morgan fingerprint density at radius 2 is 2.28 bits per heavy atom. The molecule has 0 aliphatic carbocycles. The van der Waals surface area contributed by atoms with Crippen molar-refractivity contribution >= 4 is 5.91 Å². The van der Waals surface area contributed by atoms with Crippen LogP contribution in [0.5, 0.6) is 0 Å². The van der Waals surface area contributed by atoms with Gasteiger partial charge in [-0.05, 0) is 44.1 Å². The third-order valence-electron chi connectivity index (χ3n) is 4.59. The van der Waals surface area contributed by atoms with Crippen LogP contribution in [0.3, 0.4) is 0 Å². The molecule has 1 N–H and O–H groups in total. The van der Waals surface area contributed by atoms with Crippen molar-refractivity contribution in [2.24, 2.45) is 11.3 Å². The number of amides is 1. The molecule has 2 atom stereocenters. The molecule has 2 fully saturated rings. The van der Waals surface area contributed by atoms with E-state index in [0.717, 1.165) is 39.0 Å². The van der Waals surface area contributed by atoms with E-state index in [2.05, 4.69) is 24.1 Å². The minimum atomic E-state index is 0.239. The van der Waals surface area contributed by atoms with Crippen molar-refractivity contribution in [1.82, 2.24) is 10.2 Å². The summed E-state index contributed by atoms with van der Waals surface area (Å²) in [5.41, 5.74) is 0.366. The summed E-state index contributed by atoms with van der Waals surface area (Å²) in [5, 5.41) is 3.35. The van der Waals surface area contributed by atoms with Gasteiger partial charge in [-0.3, -0.25) is 4.79 Å². The minimum Gasteiger partial charge on any atom is -0.342 e. The van der Waals surface area contributed by atoms with Gasteiger partial charge in [0.2, 0.25) is 5.91 Å². The lowest BCUT2D eigenvalue weighted by molar-refractivity contribution is -0.139. The van der Waals surface area contributed by atoms with Gasteiger partial charge in [0.1, 0.15) is 0 Å². The van der Waals surface area contributed by atoms with Crippen LogP contribution in [0.25, 0.3) is 0 Å². The molecule has 0 spiro atoms. The Labute approximate surface area is 111 Å². The predicted octanol–water partition coefficient (Wildman–Crippen LogP) is 2.41. The highest BCUT2D eigenvalue weighted by Crippen LogP contribution is 2.34. The maximum Gasteiger partial charge on any atom is 0.226 e. The zero-order chi connectivity index (χ0) is 13.0. The fraction of sp³-hybridized carbons (Fsp3) is 0.933. The SMILES string of the molecule is CCCC1(C)CCCN(C(=O)C2CCCNC2)C1. The van der Waals surface area contributed by atoms with E-state index in [1.54, 1.807) is 0 Å². The molecule has 0 bridgehead atoms. The van der Waals surface area contributed by atoms with Crippen LogP contribution in [-0.2, 0) is 4.79 Å². The standard InChI is InChI=1S/C15H28N2O/c1-3-7-15(2)8-5-10-17(12-15)14(18)13-6-4-9-16-11-13/h13,16H,3-12H2,1-2H3. The van der Waals surface area contributed by atoms with Gasteiger partial charge in [0.05, 0.1) is 5.92 Å². The molecule has 0 radical (unpaired) electrons. The van der Waals surface area contributed by atoms with Gasteiger partial charge in [0.15, 0.2) is 0 Å². The normalized spacial score (nSPS) is 33.4. The monoisotopic (exact) mass is 252 g/mol. The summed E-state index contributed by atoms with van der Waals surface area (Å²) in [6.45, 7) is 8.54. The van der Waals surface area contributed by atoms with Crippen LogP contribution in [-0.4, -0.2) is 37.0 Å². The predicted molar refractivity (Wildman–Crippen MR) is 74.4 cm³/mol. The molecule has 2 aliphatic heterocycles. The van der Waals surface area contributed by atoms with E-state index in [9.17, 15) is 4.79 Å². The van der Waals surface area contributed by atoms with Crippen molar-refractivity contribution in [3.63, 3.8) is 0 Å². The molecule has 0 aromatic carbocycles. The summed E-state index contributed by atoms with van der Waals surface area (Å²) < 4.78 is 0. The molecule has 2 rings (SSSR count). The first-order valence-corrected chi connectivity index (χ1v) is 7.64. The summed E-state index contributed by atoms with van der Waals surface area (Å²) in [5.74, 6) is 0.645. The second-order valence-electron chi connectivity index (χ2n) is 6.47. The van der Waals surface area contributed by atoms with E-state index in [4.69, 9.17) is 0 Å². The van der Waals surface area contributed by atoms with Crippen molar-refractivity contribution in [2.45, 2.75) is 52.4 Å². The lowest BCUT2D eigenvalue weighted by Gasteiger charge is -2.42. The van der Waals surface area contributed by atoms with Gasteiger partial charge in [-0.15, -0.1) is 0 Å². The van der Waals surface area contributed by atoms with E-state index in [1.807, 2.05) is 0 Å². The largest absolute Gasteiger partial charge is 0.342 e. The lowest BCUT2D eigenvalue weighted by Crippen LogP contribution is -2.49. The zero-order valence-electron chi connectivity index (χ0n) is 12.0. The fourth-order valence-electron chi connectivity index (χ4n) is 3.63. The molecule has 3 heteroatoms. The molecule has 1 amide bonds. The van der Waals surface area contributed by atoms with Crippen LogP contribution in [0.15, 0.2) is 0 Å². The molecule has 18 heavy (non-hydrogen) atoms. The molecular weight excluding hydrogens is 224 g/mol. The highest BCUT2D eigenvalue weighted by Gasteiger charge is 2.34.